The highest BCUT2D eigenvalue weighted by atomic mass is 127. The number of nitrogen functional groups attached to an aromatic ring is 1. The molecular weight excluding hydrogens is 317 g/mol. The van der Waals surface area contributed by atoms with E-state index in [1.54, 1.807) is 0 Å². The first-order valence-corrected chi connectivity index (χ1v) is 7.11. The lowest BCUT2D eigenvalue weighted by atomic mass is 10.5. The summed E-state index contributed by atoms with van der Waals surface area (Å²) in [6.07, 6.45) is 1.20. The maximum Gasteiger partial charge on any atom is 0.149 e. The van der Waals surface area contributed by atoms with Crippen LogP contribution in [0.1, 0.15) is 5.69 Å². The van der Waals surface area contributed by atoms with E-state index in [1.165, 1.54) is 10.9 Å². The molecule has 0 aliphatic rings. The van der Waals surface area contributed by atoms with Gasteiger partial charge in [0.2, 0.25) is 0 Å². The fourth-order valence-corrected chi connectivity index (χ4v) is 1.89. The van der Waals surface area contributed by atoms with Crippen LogP contribution in [0.5, 0.6) is 0 Å². The van der Waals surface area contributed by atoms with Crippen LogP contribution in [0, 0.1) is 10.5 Å². The number of rotatable bonds is 3. The third-order valence-corrected chi connectivity index (χ3v) is 4.02. The van der Waals surface area contributed by atoms with Crippen molar-refractivity contribution >= 4 is 38.2 Å². The van der Waals surface area contributed by atoms with E-state index in [2.05, 4.69) is 27.7 Å². The van der Waals surface area contributed by atoms with Crippen molar-refractivity contribution in [2.45, 2.75) is 13.5 Å². The fraction of sp³-hybridized carbons (Fsp3) is 0.571. The molecule has 0 aromatic carbocycles. The minimum Gasteiger partial charge on any atom is -0.383 e. The largest absolute Gasteiger partial charge is 0.383 e. The molecular formula is C7H12IN3O2S. The van der Waals surface area contributed by atoms with Gasteiger partial charge in [-0.25, -0.2) is 13.1 Å². The van der Waals surface area contributed by atoms with Crippen LogP contribution in [0.3, 0.4) is 0 Å². The molecule has 0 radical (unpaired) electrons. The van der Waals surface area contributed by atoms with E-state index in [-0.39, 0.29) is 5.75 Å². The molecule has 0 aliphatic heterocycles. The van der Waals surface area contributed by atoms with Crippen molar-refractivity contribution in [1.82, 2.24) is 9.78 Å². The molecule has 1 heterocycles. The molecule has 0 aliphatic carbocycles. The Balaban J connectivity index is 2.83. The molecule has 0 atom stereocenters. The first-order valence-electron chi connectivity index (χ1n) is 3.97. The summed E-state index contributed by atoms with van der Waals surface area (Å²) < 4.78 is 24.3. The van der Waals surface area contributed by atoms with Gasteiger partial charge in [-0.1, -0.05) is 0 Å². The second-order valence-electron chi connectivity index (χ2n) is 3.14. The van der Waals surface area contributed by atoms with Crippen LogP contribution in [0.15, 0.2) is 0 Å². The Morgan fingerprint density at radius 1 is 1.57 bits per heavy atom. The Morgan fingerprint density at radius 2 is 2.14 bits per heavy atom. The van der Waals surface area contributed by atoms with Crippen molar-refractivity contribution in [1.29, 1.82) is 0 Å². The highest BCUT2D eigenvalue weighted by molar-refractivity contribution is 14.1. The molecule has 0 saturated carbocycles. The Labute approximate surface area is 96.7 Å². The fourth-order valence-electron chi connectivity index (χ4n) is 1.00. The number of nitrogens with zero attached hydrogens (tertiary/aromatic N) is 2. The zero-order chi connectivity index (χ0) is 10.9. The molecule has 14 heavy (non-hydrogen) atoms. The van der Waals surface area contributed by atoms with Gasteiger partial charge in [-0.3, -0.25) is 0 Å². The smallest absolute Gasteiger partial charge is 0.149 e. The summed E-state index contributed by atoms with van der Waals surface area (Å²) in [5.74, 6) is 0.598. The highest BCUT2D eigenvalue weighted by Gasteiger charge is 2.11. The number of anilines is 1. The molecule has 0 fully saturated rings. The Bertz CT molecular complexity index is 438. The number of hydrogen-bond acceptors (Lipinski definition) is 4. The number of aromatic nitrogens is 2. The van der Waals surface area contributed by atoms with E-state index < -0.39 is 9.84 Å². The lowest BCUT2D eigenvalue weighted by Gasteiger charge is -2.02. The third kappa shape index (κ3) is 2.84. The van der Waals surface area contributed by atoms with Crippen LogP contribution >= 0.6 is 22.6 Å². The lowest BCUT2D eigenvalue weighted by molar-refractivity contribution is 0.587. The first kappa shape index (κ1) is 11.8. The minimum atomic E-state index is -2.96. The predicted molar refractivity (Wildman–Crippen MR) is 63.8 cm³/mol. The molecule has 5 nitrogen and oxygen atoms in total. The summed E-state index contributed by atoms with van der Waals surface area (Å²) >= 11 is 2.09. The van der Waals surface area contributed by atoms with Crippen molar-refractivity contribution in [3.8, 4) is 0 Å². The topological polar surface area (TPSA) is 78.0 Å². The number of halogens is 1. The standard InChI is InChI=1S/C7H12IN3O2S/c1-5-6(8)7(9)11(10-5)3-4-14(2,12)13/h3-4,9H2,1-2H3. The summed E-state index contributed by atoms with van der Waals surface area (Å²) in [6, 6.07) is 0. The maximum absolute atomic E-state index is 10.9. The number of sulfone groups is 1. The van der Waals surface area contributed by atoms with Gasteiger partial charge in [0.25, 0.3) is 0 Å². The van der Waals surface area contributed by atoms with E-state index in [4.69, 9.17) is 5.73 Å². The van der Waals surface area contributed by atoms with Crippen molar-refractivity contribution < 1.29 is 8.42 Å². The Kier molecular flexibility index (Phi) is 3.40. The summed E-state index contributed by atoms with van der Waals surface area (Å²) in [7, 11) is -2.96. The van der Waals surface area contributed by atoms with Gasteiger partial charge < -0.3 is 5.73 Å². The maximum atomic E-state index is 10.9. The monoisotopic (exact) mass is 329 g/mol. The molecule has 7 heteroatoms. The van der Waals surface area contributed by atoms with Gasteiger partial charge in [0, 0.05) is 6.26 Å². The van der Waals surface area contributed by atoms with E-state index in [9.17, 15) is 8.42 Å². The van der Waals surface area contributed by atoms with Crippen LogP contribution in [0.2, 0.25) is 0 Å². The molecule has 0 spiro atoms. The zero-order valence-corrected chi connectivity index (χ0v) is 11.0. The van der Waals surface area contributed by atoms with Crippen molar-refractivity contribution in [3.63, 3.8) is 0 Å². The van der Waals surface area contributed by atoms with Crippen LogP contribution in [0.25, 0.3) is 0 Å². The summed E-state index contributed by atoms with van der Waals surface area (Å²) in [4.78, 5) is 0. The van der Waals surface area contributed by atoms with Gasteiger partial charge in [-0.05, 0) is 29.5 Å². The second kappa shape index (κ2) is 4.05. The predicted octanol–water partition coefficient (Wildman–Crippen LogP) is 0.423. The van der Waals surface area contributed by atoms with Crippen LogP contribution in [-0.2, 0) is 16.4 Å². The first-order chi connectivity index (χ1) is 6.31. The van der Waals surface area contributed by atoms with Gasteiger partial charge in [-0.15, -0.1) is 0 Å². The van der Waals surface area contributed by atoms with E-state index >= 15 is 0 Å². The van der Waals surface area contributed by atoms with Gasteiger partial charge >= 0.3 is 0 Å². The average molecular weight is 329 g/mol. The second-order valence-corrected chi connectivity index (χ2v) is 6.48. The van der Waals surface area contributed by atoms with E-state index in [1.807, 2.05) is 6.92 Å². The van der Waals surface area contributed by atoms with Crippen LogP contribution in [0.4, 0.5) is 5.82 Å². The van der Waals surface area contributed by atoms with Gasteiger partial charge in [0.15, 0.2) is 0 Å². The molecule has 80 valence electrons. The summed E-state index contributed by atoms with van der Waals surface area (Å²) in [6.45, 7) is 2.16. The molecule has 0 amide bonds. The molecule has 1 rings (SSSR count). The molecule has 0 saturated heterocycles. The zero-order valence-electron chi connectivity index (χ0n) is 7.99. The normalized spacial score (nSPS) is 11.9. The van der Waals surface area contributed by atoms with Gasteiger partial charge in [-0.2, -0.15) is 5.10 Å². The Morgan fingerprint density at radius 3 is 2.50 bits per heavy atom. The highest BCUT2D eigenvalue weighted by Crippen LogP contribution is 2.17. The summed E-state index contributed by atoms with van der Waals surface area (Å²) in [5.41, 5.74) is 6.56. The molecule has 0 unspecified atom stereocenters. The van der Waals surface area contributed by atoms with Crippen molar-refractivity contribution in [3.05, 3.63) is 9.26 Å². The summed E-state index contributed by atoms with van der Waals surface area (Å²) in [5, 5.41) is 4.13. The van der Waals surface area contributed by atoms with Gasteiger partial charge in [0.1, 0.15) is 15.7 Å². The minimum absolute atomic E-state index is 0.0639. The lowest BCUT2D eigenvalue weighted by Crippen LogP contribution is -2.14. The quantitative estimate of drug-likeness (QED) is 0.816. The molecule has 2 N–H and O–H groups in total. The number of hydrogen-bond donors (Lipinski definition) is 1. The van der Waals surface area contributed by atoms with E-state index in [0.717, 1.165) is 9.26 Å². The third-order valence-electron chi connectivity index (χ3n) is 1.77. The van der Waals surface area contributed by atoms with Crippen molar-refractivity contribution in [2.24, 2.45) is 0 Å². The van der Waals surface area contributed by atoms with Crippen LogP contribution in [-0.4, -0.2) is 30.2 Å². The van der Waals surface area contributed by atoms with Crippen LogP contribution < -0.4 is 5.73 Å². The molecule has 1 aromatic rings. The van der Waals surface area contributed by atoms with Crippen molar-refractivity contribution in [2.75, 3.05) is 17.7 Å². The number of aryl methyl sites for hydroxylation is 2. The number of nitrogens with two attached hydrogens (primary N) is 1. The molecule has 0 bridgehead atoms. The van der Waals surface area contributed by atoms with Gasteiger partial charge in [0.05, 0.1) is 21.6 Å². The SMILES string of the molecule is Cc1nn(CCS(C)(=O)=O)c(N)c1I. The Hall–Kier alpha value is -0.310. The molecule has 1 aromatic heterocycles. The average Bonchev–Trinajstić information content (AvgIpc) is 2.28. The van der Waals surface area contributed by atoms with E-state index in [0.29, 0.717) is 12.4 Å².